The van der Waals surface area contributed by atoms with E-state index in [0.717, 1.165) is 50.0 Å². The van der Waals surface area contributed by atoms with Gasteiger partial charge in [0.1, 0.15) is 35.0 Å². The monoisotopic (exact) mass is 514 g/mol. The second-order valence-electron chi connectivity index (χ2n) is 11.0. The number of aromatic hydroxyl groups is 1. The normalized spacial score (nSPS) is 21.4. The van der Waals surface area contributed by atoms with Crippen LogP contribution in [0, 0.1) is 0 Å². The van der Waals surface area contributed by atoms with Crippen molar-refractivity contribution in [3.05, 3.63) is 18.3 Å². The number of fused-ring (bicyclic) bond motifs is 1. The van der Waals surface area contributed by atoms with Gasteiger partial charge < -0.3 is 24.2 Å². The van der Waals surface area contributed by atoms with E-state index < -0.39 is 8.07 Å². The fraction of sp³-hybridized carbons (Fsp3) is 0.640. The molecular weight excluding hydrogens is 476 g/mol. The molecule has 1 unspecified atom stereocenters. The van der Waals surface area contributed by atoms with Crippen molar-refractivity contribution in [2.45, 2.75) is 70.9 Å². The molecule has 5 heterocycles. The van der Waals surface area contributed by atoms with Gasteiger partial charge in [-0.3, -0.25) is 0 Å². The van der Waals surface area contributed by atoms with Crippen molar-refractivity contribution in [1.29, 1.82) is 0 Å². The van der Waals surface area contributed by atoms with Crippen LogP contribution < -0.4 is 4.90 Å². The van der Waals surface area contributed by atoms with E-state index in [1.807, 2.05) is 10.7 Å². The highest BCUT2D eigenvalue weighted by Crippen LogP contribution is 2.37. The standard InChI is InChI=1S/C25H38N6O4Si/c1-18-16-33-12-10-29(18)21-15-20(32)25-24(27-21)23(28-30(25)17-34-13-14-36(2,3)4)19-8-9-26-31(19)22-7-5-6-11-35-22/h8-9,15,18,22H,5-7,10-14,16-17H2,1-4H3,(H,27,32)/t18-,22?/m1/s1. The molecule has 2 atom stereocenters. The lowest BCUT2D eigenvalue weighted by atomic mass is 10.1. The fourth-order valence-corrected chi connectivity index (χ4v) is 5.56. The van der Waals surface area contributed by atoms with Crippen LogP contribution in [0.3, 0.4) is 0 Å². The van der Waals surface area contributed by atoms with Crippen LogP contribution in [0.15, 0.2) is 18.3 Å². The van der Waals surface area contributed by atoms with Crippen LogP contribution in [0.1, 0.15) is 32.4 Å². The van der Waals surface area contributed by atoms with Crippen molar-refractivity contribution in [3.8, 4) is 17.1 Å². The minimum Gasteiger partial charge on any atom is -0.505 e. The van der Waals surface area contributed by atoms with E-state index in [-0.39, 0.29) is 24.8 Å². The van der Waals surface area contributed by atoms with Crippen LogP contribution in [0.25, 0.3) is 22.4 Å². The molecule has 2 aliphatic heterocycles. The summed E-state index contributed by atoms with van der Waals surface area (Å²) >= 11 is 0. The molecule has 0 amide bonds. The number of hydrogen-bond acceptors (Lipinski definition) is 8. The molecule has 3 aromatic rings. The minimum absolute atomic E-state index is 0.131. The van der Waals surface area contributed by atoms with Gasteiger partial charge in [-0.15, -0.1) is 0 Å². The van der Waals surface area contributed by atoms with Crippen LogP contribution in [-0.2, 0) is 20.9 Å². The van der Waals surface area contributed by atoms with Crippen LogP contribution >= 0.6 is 0 Å². The highest BCUT2D eigenvalue weighted by molar-refractivity contribution is 6.76. The molecule has 0 aromatic carbocycles. The van der Waals surface area contributed by atoms with Crippen LogP contribution in [0.4, 0.5) is 5.82 Å². The summed E-state index contributed by atoms with van der Waals surface area (Å²) in [6.45, 7) is 12.7. The van der Waals surface area contributed by atoms with Gasteiger partial charge >= 0.3 is 0 Å². The molecule has 10 nitrogen and oxygen atoms in total. The molecule has 0 radical (unpaired) electrons. The van der Waals surface area contributed by atoms with E-state index in [1.165, 1.54) is 0 Å². The Morgan fingerprint density at radius 1 is 1.22 bits per heavy atom. The Bertz CT molecular complexity index is 1180. The fourth-order valence-electron chi connectivity index (χ4n) is 4.81. The molecule has 0 aliphatic carbocycles. The summed E-state index contributed by atoms with van der Waals surface area (Å²) < 4.78 is 21.3. The molecule has 1 N–H and O–H groups in total. The summed E-state index contributed by atoms with van der Waals surface area (Å²) in [5.41, 5.74) is 2.70. The van der Waals surface area contributed by atoms with Crippen molar-refractivity contribution in [2.75, 3.05) is 37.9 Å². The van der Waals surface area contributed by atoms with Gasteiger partial charge in [-0.2, -0.15) is 10.2 Å². The first-order valence-corrected chi connectivity index (χ1v) is 16.7. The molecule has 0 spiro atoms. The second-order valence-corrected chi connectivity index (χ2v) is 16.6. The summed E-state index contributed by atoms with van der Waals surface area (Å²) in [6.07, 6.45) is 4.71. The molecule has 36 heavy (non-hydrogen) atoms. The Labute approximate surface area is 213 Å². The first-order chi connectivity index (χ1) is 17.3. The number of aromatic nitrogens is 5. The van der Waals surface area contributed by atoms with Gasteiger partial charge in [-0.1, -0.05) is 19.6 Å². The maximum atomic E-state index is 11.2. The Hall–Kier alpha value is -2.47. The average molecular weight is 515 g/mol. The van der Waals surface area contributed by atoms with Crippen molar-refractivity contribution in [1.82, 2.24) is 24.5 Å². The van der Waals surface area contributed by atoms with E-state index in [1.54, 1.807) is 16.9 Å². The number of hydrogen-bond donors (Lipinski definition) is 1. The Morgan fingerprint density at radius 3 is 2.83 bits per heavy atom. The van der Waals surface area contributed by atoms with Gasteiger partial charge in [-0.05, 0) is 38.3 Å². The average Bonchev–Trinajstić information content (AvgIpc) is 3.47. The highest BCUT2D eigenvalue weighted by atomic mass is 28.3. The van der Waals surface area contributed by atoms with E-state index in [0.29, 0.717) is 36.5 Å². The van der Waals surface area contributed by atoms with Gasteiger partial charge in [-0.25, -0.2) is 14.3 Å². The van der Waals surface area contributed by atoms with E-state index in [4.69, 9.17) is 24.3 Å². The SMILES string of the molecule is C[C@@H]1COCCN1c1cc(O)c2c(n1)c(-c1ccnn1C1CCCCO1)nn2COCC[Si](C)(C)C. The number of rotatable bonds is 8. The lowest BCUT2D eigenvalue weighted by Gasteiger charge is -2.34. The third-order valence-corrected chi connectivity index (χ3v) is 8.58. The molecule has 2 saturated heterocycles. The molecule has 0 bridgehead atoms. The third-order valence-electron chi connectivity index (χ3n) is 6.88. The van der Waals surface area contributed by atoms with Gasteiger partial charge in [0.15, 0.2) is 6.23 Å². The van der Waals surface area contributed by atoms with Crippen molar-refractivity contribution >= 4 is 24.9 Å². The number of pyridine rings is 1. The first kappa shape index (κ1) is 25.2. The smallest absolute Gasteiger partial charge is 0.150 e. The quantitative estimate of drug-likeness (QED) is 0.352. The van der Waals surface area contributed by atoms with Gasteiger partial charge in [0.2, 0.25) is 0 Å². The molecule has 11 heteroatoms. The van der Waals surface area contributed by atoms with E-state index in [2.05, 4.69) is 36.6 Å². The number of ether oxygens (including phenoxy) is 3. The van der Waals surface area contributed by atoms with Crippen LogP contribution in [-0.4, -0.2) is 76.7 Å². The Balaban J connectivity index is 1.55. The molecule has 2 fully saturated rings. The Kier molecular flexibility index (Phi) is 7.34. The van der Waals surface area contributed by atoms with Crippen molar-refractivity contribution in [2.24, 2.45) is 0 Å². The zero-order chi connectivity index (χ0) is 25.3. The minimum atomic E-state index is -1.22. The zero-order valence-corrected chi connectivity index (χ0v) is 22.8. The van der Waals surface area contributed by atoms with Crippen molar-refractivity contribution < 1.29 is 19.3 Å². The lowest BCUT2D eigenvalue weighted by molar-refractivity contribution is -0.0384. The number of nitrogens with zero attached hydrogens (tertiary/aromatic N) is 6. The maximum Gasteiger partial charge on any atom is 0.150 e. The Morgan fingerprint density at radius 2 is 2.08 bits per heavy atom. The summed E-state index contributed by atoms with van der Waals surface area (Å²) in [5, 5.41) is 20.7. The highest BCUT2D eigenvalue weighted by Gasteiger charge is 2.27. The lowest BCUT2D eigenvalue weighted by Crippen LogP contribution is -2.44. The number of anilines is 1. The molecule has 2 aliphatic rings. The predicted octanol–water partition coefficient (Wildman–Crippen LogP) is 4.24. The summed E-state index contributed by atoms with van der Waals surface area (Å²) in [7, 11) is -1.22. The second kappa shape index (κ2) is 10.5. The van der Waals surface area contributed by atoms with Gasteiger partial charge in [0.05, 0.1) is 24.9 Å². The van der Waals surface area contributed by atoms with E-state index >= 15 is 0 Å². The largest absolute Gasteiger partial charge is 0.505 e. The third kappa shape index (κ3) is 5.29. The number of morpholine rings is 1. The van der Waals surface area contributed by atoms with Crippen LogP contribution in [0.5, 0.6) is 5.75 Å². The molecule has 3 aromatic heterocycles. The zero-order valence-electron chi connectivity index (χ0n) is 21.8. The molecule has 5 rings (SSSR count). The van der Waals surface area contributed by atoms with Crippen molar-refractivity contribution in [3.63, 3.8) is 0 Å². The maximum absolute atomic E-state index is 11.2. The summed E-state index contributed by atoms with van der Waals surface area (Å²) in [5.74, 6) is 0.859. The van der Waals surface area contributed by atoms with Gasteiger partial charge in [0.25, 0.3) is 0 Å². The molecular formula is C25H38N6O4Si. The molecule has 196 valence electrons. The molecule has 0 saturated carbocycles. The van der Waals surface area contributed by atoms with Gasteiger partial charge in [0, 0.05) is 40.1 Å². The predicted molar refractivity (Wildman–Crippen MR) is 141 cm³/mol. The first-order valence-electron chi connectivity index (χ1n) is 13.0. The topological polar surface area (TPSA) is 99.7 Å². The summed E-state index contributed by atoms with van der Waals surface area (Å²) in [4.78, 5) is 7.21. The van der Waals surface area contributed by atoms with E-state index in [9.17, 15) is 5.11 Å². The van der Waals surface area contributed by atoms with Crippen LogP contribution in [0.2, 0.25) is 25.7 Å². The summed E-state index contributed by atoms with van der Waals surface area (Å²) in [6, 6.07) is 4.90.